The summed E-state index contributed by atoms with van der Waals surface area (Å²) < 4.78 is 5.69. The lowest BCUT2D eigenvalue weighted by molar-refractivity contribution is 0.456. The van der Waals surface area contributed by atoms with Crippen LogP contribution < -0.4 is 10.5 Å². The van der Waals surface area contributed by atoms with Gasteiger partial charge in [0.25, 0.3) is 0 Å². The number of ether oxygens (including phenoxy) is 1. The third kappa shape index (κ3) is 3.13. The zero-order chi connectivity index (χ0) is 13.0. The Bertz CT molecular complexity index is 546. The van der Waals surface area contributed by atoms with Crippen LogP contribution in [0.1, 0.15) is 5.56 Å². The molecule has 0 amide bonds. The van der Waals surface area contributed by atoms with E-state index in [9.17, 15) is 0 Å². The molecule has 2 N–H and O–H groups in total. The van der Waals surface area contributed by atoms with E-state index in [0.29, 0.717) is 34.6 Å². The van der Waals surface area contributed by atoms with Gasteiger partial charge in [-0.2, -0.15) is 0 Å². The molecule has 0 saturated heterocycles. The molecule has 0 bridgehead atoms. The number of nitrogens with zero attached hydrogens (tertiary/aromatic N) is 1. The van der Waals surface area contributed by atoms with Gasteiger partial charge in [0.1, 0.15) is 5.75 Å². The number of nitrogens with two attached hydrogens (primary N) is 1. The fourth-order valence-electron chi connectivity index (χ4n) is 1.51. The van der Waals surface area contributed by atoms with E-state index < -0.39 is 0 Å². The summed E-state index contributed by atoms with van der Waals surface area (Å²) in [5.74, 6) is 1.14. The lowest BCUT2D eigenvalue weighted by atomic mass is 10.2. The highest BCUT2D eigenvalue weighted by molar-refractivity contribution is 6.42. The maximum atomic E-state index is 5.93. The summed E-state index contributed by atoms with van der Waals surface area (Å²) in [5.41, 5.74) is 6.51. The lowest BCUT2D eigenvalue weighted by Gasteiger charge is -2.09. The normalized spacial score (nSPS) is 10.4. The molecular formula is C13H12Cl2N2O. The second kappa shape index (κ2) is 6.05. The topological polar surface area (TPSA) is 48.1 Å². The third-order valence-electron chi connectivity index (χ3n) is 2.37. The first-order valence-electron chi connectivity index (χ1n) is 5.47. The van der Waals surface area contributed by atoms with Gasteiger partial charge >= 0.3 is 0 Å². The molecule has 2 aromatic rings. The number of hydrogen-bond acceptors (Lipinski definition) is 3. The maximum absolute atomic E-state index is 5.93. The Labute approximate surface area is 115 Å². The Kier molecular flexibility index (Phi) is 4.42. The second-order valence-electron chi connectivity index (χ2n) is 3.68. The summed E-state index contributed by atoms with van der Waals surface area (Å²) in [6.45, 7) is 0.545. The highest BCUT2D eigenvalue weighted by atomic mass is 35.5. The molecule has 1 aromatic heterocycles. The van der Waals surface area contributed by atoms with Crippen molar-refractivity contribution in [1.82, 2.24) is 4.98 Å². The summed E-state index contributed by atoms with van der Waals surface area (Å²) in [6.07, 6.45) is 2.39. The van der Waals surface area contributed by atoms with Crippen molar-refractivity contribution in [3.63, 3.8) is 0 Å². The number of benzene rings is 1. The van der Waals surface area contributed by atoms with Gasteiger partial charge in [-0.15, -0.1) is 0 Å². The second-order valence-corrected chi connectivity index (χ2v) is 4.50. The van der Waals surface area contributed by atoms with Gasteiger partial charge in [-0.3, -0.25) is 0 Å². The average molecular weight is 283 g/mol. The first-order chi connectivity index (χ1) is 8.70. The smallest absolute Gasteiger partial charge is 0.222 e. The maximum Gasteiger partial charge on any atom is 0.222 e. The molecule has 94 valence electrons. The molecule has 3 nitrogen and oxygen atoms in total. The molecule has 0 fully saturated rings. The molecule has 0 atom stereocenters. The molecule has 2 rings (SSSR count). The molecule has 0 spiro atoms. The van der Waals surface area contributed by atoms with Gasteiger partial charge in [-0.1, -0.05) is 29.3 Å². The average Bonchev–Trinajstić information content (AvgIpc) is 2.37. The summed E-state index contributed by atoms with van der Waals surface area (Å²) >= 11 is 11.8. The number of pyridine rings is 1. The molecule has 0 aliphatic rings. The Balaban J connectivity index is 2.25. The van der Waals surface area contributed by atoms with Crippen LogP contribution in [-0.4, -0.2) is 11.5 Å². The van der Waals surface area contributed by atoms with Crippen molar-refractivity contribution in [3.05, 3.63) is 52.1 Å². The van der Waals surface area contributed by atoms with Crippen LogP contribution in [0.5, 0.6) is 11.6 Å². The van der Waals surface area contributed by atoms with Gasteiger partial charge in [-0.25, -0.2) is 4.98 Å². The summed E-state index contributed by atoms with van der Waals surface area (Å²) in [6, 6.07) is 8.88. The molecule has 5 heteroatoms. The molecule has 0 unspecified atom stereocenters. The molecule has 0 aliphatic carbocycles. The van der Waals surface area contributed by atoms with E-state index in [1.165, 1.54) is 0 Å². The monoisotopic (exact) mass is 282 g/mol. The Hall–Kier alpha value is -1.29. The molecule has 0 aliphatic heterocycles. The number of rotatable bonds is 4. The van der Waals surface area contributed by atoms with E-state index in [-0.39, 0.29) is 0 Å². The van der Waals surface area contributed by atoms with Crippen LogP contribution in [-0.2, 0) is 6.42 Å². The van der Waals surface area contributed by atoms with Crippen molar-refractivity contribution in [1.29, 1.82) is 0 Å². The molecule has 0 radical (unpaired) electrons. The van der Waals surface area contributed by atoms with Crippen molar-refractivity contribution in [2.24, 2.45) is 5.73 Å². The van der Waals surface area contributed by atoms with Crippen LogP contribution in [0.2, 0.25) is 10.0 Å². The minimum absolute atomic E-state index is 0.450. The number of hydrogen-bond donors (Lipinski definition) is 1. The molecule has 1 heterocycles. The lowest BCUT2D eigenvalue weighted by Crippen LogP contribution is -2.04. The van der Waals surface area contributed by atoms with Crippen LogP contribution in [0.4, 0.5) is 0 Å². The highest BCUT2D eigenvalue weighted by Gasteiger charge is 2.06. The van der Waals surface area contributed by atoms with Crippen LogP contribution in [0.25, 0.3) is 0 Å². The van der Waals surface area contributed by atoms with E-state index in [1.807, 2.05) is 12.1 Å². The largest absolute Gasteiger partial charge is 0.439 e. The van der Waals surface area contributed by atoms with Gasteiger partial charge in [0.05, 0.1) is 10.0 Å². The summed E-state index contributed by atoms with van der Waals surface area (Å²) in [5, 5.41) is 0.942. The Morgan fingerprint density at radius 1 is 1.17 bits per heavy atom. The summed E-state index contributed by atoms with van der Waals surface area (Å²) in [4.78, 5) is 4.19. The van der Waals surface area contributed by atoms with Gasteiger partial charge in [-0.05, 0) is 31.2 Å². The minimum atomic E-state index is 0.450. The van der Waals surface area contributed by atoms with Crippen molar-refractivity contribution in [2.45, 2.75) is 6.42 Å². The Morgan fingerprint density at radius 2 is 2.00 bits per heavy atom. The third-order valence-corrected chi connectivity index (χ3v) is 3.11. The Morgan fingerprint density at radius 3 is 2.72 bits per heavy atom. The SMILES string of the molecule is NCCc1cccnc1Oc1ccc(Cl)c(Cl)c1. The molecule has 0 saturated carbocycles. The van der Waals surface area contributed by atoms with Crippen LogP contribution in [0.15, 0.2) is 36.5 Å². The van der Waals surface area contributed by atoms with Crippen LogP contribution in [0, 0.1) is 0 Å². The predicted octanol–water partition coefficient (Wildman–Crippen LogP) is 3.68. The molecule has 18 heavy (non-hydrogen) atoms. The highest BCUT2D eigenvalue weighted by Crippen LogP contribution is 2.29. The van der Waals surface area contributed by atoms with Crippen molar-refractivity contribution in [2.75, 3.05) is 6.54 Å². The van der Waals surface area contributed by atoms with E-state index in [4.69, 9.17) is 33.7 Å². The van der Waals surface area contributed by atoms with E-state index in [1.54, 1.807) is 24.4 Å². The van der Waals surface area contributed by atoms with E-state index >= 15 is 0 Å². The fourth-order valence-corrected chi connectivity index (χ4v) is 1.80. The first kappa shape index (κ1) is 13.1. The van der Waals surface area contributed by atoms with Crippen molar-refractivity contribution >= 4 is 23.2 Å². The molecule has 1 aromatic carbocycles. The predicted molar refractivity (Wildman–Crippen MR) is 73.5 cm³/mol. The van der Waals surface area contributed by atoms with Gasteiger partial charge in [0.15, 0.2) is 0 Å². The summed E-state index contributed by atoms with van der Waals surface area (Å²) in [7, 11) is 0. The zero-order valence-corrected chi connectivity index (χ0v) is 11.1. The van der Waals surface area contributed by atoms with Crippen molar-refractivity contribution < 1.29 is 4.74 Å². The van der Waals surface area contributed by atoms with Crippen molar-refractivity contribution in [3.8, 4) is 11.6 Å². The molecular weight excluding hydrogens is 271 g/mol. The minimum Gasteiger partial charge on any atom is -0.439 e. The van der Waals surface area contributed by atoms with Gasteiger partial charge in [0, 0.05) is 17.8 Å². The standard InChI is InChI=1S/C13H12Cl2N2O/c14-11-4-3-10(8-12(11)15)18-13-9(5-6-16)2-1-7-17-13/h1-4,7-8H,5-6,16H2. The van der Waals surface area contributed by atoms with E-state index in [0.717, 1.165) is 5.56 Å². The number of halogens is 2. The number of aromatic nitrogens is 1. The van der Waals surface area contributed by atoms with Crippen LogP contribution >= 0.6 is 23.2 Å². The van der Waals surface area contributed by atoms with Gasteiger partial charge < -0.3 is 10.5 Å². The fraction of sp³-hybridized carbons (Fsp3) is 0.154. The quantitative estimate of drug-likeness (QED) is 0.931. The van der Waals surface area contributed by atoms with Gasteiger partial charge in [0.2, 0.25) is 5.88 Å². The van der Waals surface area contributed by atoms with Crippen LogP contribution in [0.3, 0.4) is 0 Å². The first-order valence-corrected chi connectivity index (χ1v) is 6.23. The zero-order valence-electron chi connectivity index (χ0n) is 9.57. The van der Waals surface area contributed by atoms with E-state index in [2.05, 4.69) is 4.98 Å².